The lowest BCUT2D eigenvalue weighted by molar-refractivity contribution is -0.123. The van der Waals surface area contributed by atoms with Gasteiger partial charge in [0, 0.05) is 39.8 Å². The van der Waals surface area contributed by atoms with Crippen molar-refractivity contribution in [2.75, 3.05) is 43.4 Å². The quantitative estimate of drug-likeness (QED) is 0.673. The summed E-state index contributed by atoms with van der Waals surface area (Å²) in [5.41, 5.74) is 0.565. The van der Waals surface area contributed by atoms with E-state index in [2.05, 4.69) is 20.6 Å². The summed E-state index contributed by atoms with van der Waals surface area (Å²) in [7, 11) is 1.46. The van der Waals surface area contributed by atoms with Crippen LogP contribution in [0.2, 0.25) is 0 Å². The average molecular weight is 446 g/mol. The van der Waals surface area contributed by atoms with Crippen molar-refractivity contribution in [2.24, 2.45) is 0 Å². The van der Waals surface area contributed by atoms with Crippen LogP contribution in [0.5, 0.6) is 5.75 Å². The fourth-order valence-electron chi connectivity index (χ4n) is 3.78. The number of anilines is 2. The molecule has 1 saturated heterocycles. The van der Waals surface area contributed by atoms with E-state index in [9.17, 15) is 18.4 Å². The van der Waals surface area contributed by atoms with Crippen LogP contribution < -0.4 is 20.3 Å². The van der Waals surface area contributed by atoms with Gasteiger partial charge in [-0.3, -0.25) is 19.5 Å². The largest absolute Gasteiger partial charge is 0.477 e. The number of ether oxygens (including phenoxy) is 1. The molecule has 2 amide bonds. The number of nitrogens with one attached hydrogen (secondary N) is 2. The number of carbonyl (C=O) groups excluding carboxylic acids is 2. The Morgan fingerprint density at radius 2 is 2.03 bits per heavy atom. The smallest absolute Gasteiger partial charge is 0.269 e. The van der Waals surface area contributed by atoms with E-state index >= 15 is 0 Å². The number of pyridine rings is 2. The first-order valence-electron chi connectivity index (χ1n) is 10.4. The molecule has 2 aliphatic heterocycles. The normalized spacial score (nSPS) is 18.6. The van der Waals surface area contributed by atoms with E-state index in [-0.39, 0.29) is 35.3 Å². The first kappa shape index (κ1) is 21.9. The molecule has 1 atom stereocenters. The van der Waals surface area contributed by atoms with Crippen molar-refractivity contribution < 1.29 is 23.1 Å². The first-order valence-corrected chi connectivity index (χ1v) is 10.4. The summed E-state index contributed by atoms with van der Waals surface area (Å²) in [6.45, 7) is 4.16. The second-order valence-corrected chi connectivity index (χ2v) is 7.61. The highest BCUT2D eigenvalue weighted by Gasteiger charge is 2.30. The maximum absolute atomic E-state index is 15.0. The lowest BCUT2D eigenvalue weighted by atomic mass is 10.1. The number of hydrogen-bond donors (Lipinski definition) is 2. The predicted molar refractivity (Wildman–Crippen MR) is 113 cm³/mol. The highest BCUT2D eigenvalue weighted by Crippen LogP contribution is 2.33. The maximum atomic E-state index is 15.0. The predicted octanol–water partition coefficient (Wildman–Crippen LogP) is 1.55. The standard InChI is InChI=1S/C21H24F2N6O3/c1-3-15-21(31)27-18-16(32-15)10-25-13(17(18)22)11-28-6-8-29(9-7-28)14-5-4-12(20(30)24-2)26-19(14)23/h4-5,10,15H,3,6-9,11H2,1-2H3,(H,24,30)(H,27,31). The van der Waals surface area contributed by atoms with E-state index in [0.29, 0.717) is 38.3 Å². The van der Waals surface area contributed by atoms with Gasteiger partial charge < -0.3 is 20.3 Å². The number of fused-ring (bicyclic) bond motifs is 1. The Morgan fingerprint density at radius 1 is 1.28 bits per heavy atom. The van der Waals surface area contributed by atoms with Crippen molar-refractivity contribution in [3.8, 4) is 5.75 Å². The molecule has 4 heterocycles. The molecular weight excluding hydrogens is 422 g/mol. The Labute approximate surface area is 183 Å². The zero-order valence-corrected chi connectivity index (χ0v) is 17.8. The summed E-state index contributed by atoms with van der Waals surface area (Å²) in [6, 6.07) is 3.02. The summed E-state index contributed by atoms with van der Waals surface area (Å²) in [5.74, 6) is -1.91. The van der Waals surface area contributed by atoms with Crippen LogP contribution in [-0.4, -0.2) is 66.0 Å². The van der Waals surface area contributed by atoms with Crippen LogP contribution in [0.15, 0.2) is 18.3 Å². The number of carbonyl (C=O) groups is 2. The number of piperazine rings is 1. The lowest BCUT2D eigenvalue weighted by Gasteiger charge is -2.36. The zero-order valence-electron chi connectivity index (χ0n) is 17.8. The number of nitrogens with zero attached hydrogens (tertiary/aromatic N) is 4. The Balaban J connectivity index is 1.40. The third-order valence-corrected chi connectivity index (χ3v) is 5.61. The van der Waals surface area contributed by atoms with Crippen molar-refractivity contribution in [2.45, 2.75) is 26.0 Å². The van der Waals surface area contributed by atoms with Gasteiger partial charge in [-0.25, -0.2) is 9.37 Å². The summed E-state index contributed by atoms with van der Waals surface area (Å²) < 4.78 is 34.9. The third-order valence-electron chi connectivity index (χ3n) is 5.61. The molecule has 0 bridgehead atoms. The van der Waals surface area contributed by atoms with Gasteiger partial charge in [-0.15, -0.1) is 0 Å². The molecular formula is C21H24F2N6O3. The Morgan fingerprint density at radius 3 is 2.69 bits per heavy atom. The van der Waals surface area contributed by atoms with Crippen LogP contribution in [0.4, 0.5) is 20.2 Å². The molecule has 0 saturated carbocycles. The molecule has 2 aromatic heterocycles. The van der Waals surface area contributed by atoms with Crippen molar-refractivity contribution in [3.05, 3.63) is 41.5 Å². The molecule has 32 heavy (non-hydrogen) atoms. The molecule has 1 fully saturated rings. The molecule has 11 heteroatoms. The van der Waals surface area contributed by atoms with E-state index in [0.717, 1.165) is 0 Å². The van der Waals surface area contributed by atoms with Gasteiger partial charge in [0.25, 0.3) is 11.8 Å². The minimum absolute atomic E-state index is 0.0164. The van der Waals surface area contributed by atoms with Crippen molar-refractivity contribution in [1.82, 2.24) is 20.2 Å². The van der Waals surface area contributed by atoms with Crippen molar-refractivity contribution in [3.63, 3.8) is 0 Å². The second-order valence-electron chi connectivity index (χ2n) is 7.61. The Kier molecular flexibility index (Phi) is 6.17. The topological polar surface area (TPSA) is 99.7 Å². The number of aromatic nitrogens is 2. The van der Waals surface area contributed by atoms with Gasteiger partial charge in [-0.2, -0.15) is 4.39 Å². The van der Waals surface area contributed by atoms with Crippen molar-refractivity contribution >= 4 is 23.2 Å². The zero-order chi connectivity index (χ0) is 22.8. The van der Waals surface area contributed by atoms with Crippen molar-refractivity contribution in [1.29, 1.82) is 0 Å². The van der Waals surface area contributed by atoms with Crippen LogP contribution in [-0.2, 0) is 11.3 Å². The van der Waals surface area contributed by atoms with Gasteiger partial charge >= 0.3 is 0 Å². The van der Waals surface area contributed by atoms with E-state index in [4.69, 9.17) is 4.74 Å². The Bertz CT molecular complexity index is 1040. The van der Waals surface area contributed by atoms with E-state index in [1.807, 2.05) is 16.7 Å². The van der Waals surface area contributed by atoms with Crippen LogP contribution in [0, 0.1) is 11.8 Å². The maximum Gasteiger partial charge on any atom is 0.269 e. The van der Waals surface area contributed by atoms with Crippen LogP contribution >= 0.6 is 0 Å². The van der Waals surface area contributed by atoms with Crippen LogP contribution in [0.25, 0.3) is 0 Å². The molecule has 0 spiro atoms. The number of hydrogen-bond acceptors (Lipinski definition) is 7. The fraction of sp³-hybridized carbons (Fsp3) is 0.429. The Hall–Kier alpha value is -3.34. The molecule has 2 aromatic rings. The molecule has 0 aliphatic carbocycles. The number of halogens is 2. The van der Waals surface area contributed by atoms with Gasteiger partial charge in [0.1, 0.15) is 11.4 Å². The third kappa shape index (κ3) is 4.20. The average Bonchev–Trinajstić information content (AvgIpc) is 2.81. The second kappa shape index (κ2) is 9.03. The van der Waals surface area contributed by atoms with Crippen LogP contribution in [0.1, 0.15) is 29.5 Å². The lowest BCUT2D eigenvalue weighted by Crippen LogP contribution is -2.46. The van der Waals surface area contributed by atoms with Crippen LogP contribution in [0.3, 0.4) is 0 Å². The first-order chi connectivity index (χ1) is 15.4. The molecule has 170 valence electrons. The van der Waals surface area contributed by atoms with Gasteiger partial charge in [0.05, 0.1) is 17.6 Å². The van der Waals surface area contributed by atoms with Gasteiger partial charge in [-0.1, -0.05) is 6.92 Å². The molecule has 2 aliphatic rings. The number of rotatable bonds is 5. The monoisotopic (exact) mass is 446 g/mol. The summed E-state index contributed by atoms with van der Waals surface area (Å²) >= 11 is 0. The highest BCUT2D eigenvalue weighted by atomic mass is 19.1. The van der Waals surface area contributed by atoms with E-state index in [1.54, 1.807) is 6.07 Å². The SMILES string of the molecule is CCC1Oc2cnc(CN3CCN(c4ccc(C(=O)NC)nc4F)CC3)c(F)c2NC1=O. The molecule has 4 rings (SSSR count). The summed E-state index contributed by atoms with van der Waals surface area (Å²) in [6.07, 6.45) is 1.26. The molecule has 9 nitrogen and oxygen atoms in total. The van der Waals surface area contributed by atoms with Gasteiger partial charge in [-0.05, 0) is 18.6 Å². The molecule has 0 radical (unpaired) electrons. The van der Waals surface area contributed by atoms with Gasteiger partial charge in [0.2, 0.25) is 5.95 Å². The van der Waals surface area contributed by atoms with Gasteiger partial charge in [0.15, 0.2) is 17.7 Å². The minimum Gasteiger partial charge on any atom is -0.477 e. The minimum atomic E-state index is -0.705. The number of amides is 2. The van der Waals surface area contributed by atoms with E-state index in [1.165, 1.54) is 19.3 Å². The molecule has 0 aromatic carbocycles. The molecule has 2 N–H and O–H groups in total. The summed E-state index contributed by atoms with van der Waals surface area (Å²) in [5, 5.41) is 4.99. The fourth-order valence-corrected chi connectivity index (χ4v) is 3.78. The van der Waals surface area contributed by atoms with E-state index < -0.39 is 23.8 Å². The summed E-state index contributed by atoms with van der Waals surface area (Å²) in [4.78, 5) is 35.4. The highest BCUT2D eigenvalue weighted by molar-refractivity contribution is 5.97. The molecule has 1 unspecified atom stereocenters.